The summed E-state index contributed by atoms with van der Waals surface area (Å²) < 4.78 is 30.5. The summed E-state index contributed by atoms with van der Waals surface area (Å²) in [7, 11) is 0. The summed E-state index contributed by atoms with van der Waals surface area (Å²) in [5.41, 5.74) is 0. The lowest BCUT2D eigenvalue weighted by Gasteiger charge is -2.12. The Morgan fingerprint density at radius 2 is 2.00 bits per heavy atom. The van der Waals surface area contributed by atoms with Gasteiger partial charge in [-0.1, -0.05) is 0 Å². The lowest BCUT2D eigenvalue weighted by Crippen LogP contribution is -2.20. The molecule has 0 radical (unpaired) electrons. The van der Waals surface area contributed by atoms with Gasteiger partial charge in [0.25, 0.3) is 5.92 Å². The van der Waals surface area contributed by atoms with E-state index in [1.54, 1.807) is 0 Å². The number of hydrogen-bond donors (Lipinski definition) is 1. The molecule has 84 valence electrons. The van der Waals surface area contributed by atoms with Crippen molar-refractivity contribution < 1.29 is 18.6 Å². The van der Waals surface area contributed by atoms with E-state index in [1.807, 2.05) is 0 Å². The predicted octanol–water partition coefficient (Wildman–Crippen LogP) is 1.50. The zero-order valence-electron chi connectivity index (χ0n) is 8.22. The third-order valence-corrected chi connectivity index (χ3v) is 1.66. The van der Waals surface area contributed by atoms with Crippen LogP contribution in [-0.2, 0) is 4.74 Å². The summed E-state index contributed by atoms with van der Waals surface area (Å²) in [5.74, 6) is -2.74. The zero-order valence-corrected chi connectivity index (χ0v) is 8.22. The third kappa shape index (κ3) is 8.07. The monoisotopic (exact) mass is 209 g/mol. The fourth-order valence-electron chi connectivity index (χ4n) is 0.997. The van der Waals surface area contributed by atoms with Crippen LogP contribution in [0, 0.1) is 0 Å². The van der Waals surface area contributed by atoms with Gasteiger partial charge < -0.3 is 9.84 Å². The maximum atomic E-state index is 12.8. The number of alkyl halides is 2. The van der Waals surface area contributed by atoms with Crippen LogP contribution in [0.1, 0.15) is 19.3 Å². The molecule has 0 amide bonds. The Labute approximate surface area is 82.8 Å². The first-order chi connectivity index (χ1) is 6.62. The second-order valence-electron chi connectivity index (χ2n) is 3.03. The van der Waals surface area contributed by atoms with Crippen molar-refractivity contribution in [3.8, 4) is 0 Å². The van der Waals surface area contributed by atoms with Crippen molar-refractivity contribution in [2.75, 3.05) is 26.4 Å². The molecule has 5 heteroatoms. The molecule has 14 heavy (non-hydrogen) atoms. The van der Waals surface area contributed by atoms with Crippen LogP contribution in [0.4, 0.5) is 8.78 Å². The number of aliphatic hydroxyl groups excluding tert-OH is 1. The summed E-state index contributed by atoms with van der Waals surface area (Å²) in [6.07, 6.45) is 0.787. The molecule has 0 aromatic heterocycles. The Balaban J connectivity index is 3.30. The maximum absolute atomic E-state index is 12.8. The summed E-state index contributed by atoms with van der Waals surface area (Å²) >= 11 is 0. The smallest absolute Gasteiger partial charge is 0.267 e. The van der Waals surface area contributed by atoms with Gasteiger partial charge in [-0.15, -0.1) is 0 Å². The van der Waals surface area contributed by atoms with Crippen molar-refractivity contribution in [3.05, 3.63) is 0 Å². The molecule has 1 N–H and O–H groups in total. The Kier molecular flexibility index (Phi) is 7.51. The van der Waals surface area contributed by atoms with Gasteiger partial charge in [-0.2, -0.15) is 0 Å². The number of halogens is 2. The average Bonchev–Trinajstić information content (AvgIpc) is 2.11. The van der Waals surface area contributed by atoms with Crippen LogP contribution in [0.25, 0.3) is 0 Å². The van der Waals surface area contributed by atoms with Gasteiger partial charge in [0.2, 0.25) is 0 Å². The number of ether oxygens (including phenoxy) is 1. The van der Waals surface area contributed by atoms with Gasteiger partial charge in [-0.25, -0.2) is 8.78 Å². The van der Waals surface area contributed by atoms with E-state index in [0.29, 0.717) is 19.4 Å². The predicted molar refractivity (Wildman–Crippen MR) is 51.1 cm³/mol. The van der Waals surface area contributed by atoms with E-state index in [1.165, 1.54) is 0 Å². The molecular weight excluding hydrogens is 192 g/mol. The highest BCUT2D eigenvalue weighted by Gasteiger charge is 2.26. The van der Waals surface area contributed by atoms with Gasteiger partial charge in [0.1, 0.15) is 6.54 Å². The minimum atomic E-state index is -2.74. The van der Waals surface area contributed by atoms with E-state index in [-0.39, 0.29) is 19.6 Å². The number of nitrogens with zero attached hydrogens (tertiary/aromatic N) is 1. The van der Waals surface area contributed by atoms with E-state index in [9.17, 15) is 8.78 Å². The molecule has 0 spiro atoms. The normalized spacial score (nSPS) is 11.6. The van der Waals surface area contributed by atoms with E-state index in [0.717, 1.165) is 0 Å². The topological polar surface area (TPSA) is 41.8 Å². The summed E-state index contributed by atoms with van der Waals surface area (Å²) in [6, 6.07) is 0. The van der Waals surface area contributed by atoms with Gasteiger partial charge in [-0.3, -0.25) is 4.99 Å². The second kappa shape index (κ2) is 7.82. The van der Waals surface area contributed by atoms with Crippen molar-refractivity contribution >= 4 is 6.72 Å². The first-order valence-corrected chi connectivity index (χ1v) is 4.61. The molecule has 0 bridgehead atoms. The lowest BCUT2D eigenvalue weighted by atomic mass is 10.1. The SMILES string of the molecule is C=NCC(F)(F)CCCCOCCO. The largest absolute Gasteiger partial charge is 0.394 e. The summed E-state index contributed by atoms with van der Waals surface area (Å²) in [5, 5.41) is 8.36. The van der Waals surface area contributed by atoms with E-state index in [2.05, 4.69) is 11.7 Å². The summed E-state index contributed by atoms with van der Waals surface area (Å²) in [6.45, 7) is 3.17. The van der Waals surface area contributed by atoms with E-state index in [4.69, 9.17) is 9.84 Å². The molecule has 0 saturated heterocycles. The molecule has 0 aliphatic carbocycles. The van der Waals surface area contributed by atoms with Crippen LogP contribution in [0.5, 0.6) is 0 Å². The quantitative estimate of drug-likeness (QED) is 0.462. The van der Waals surface area contributed by atoms with Crippen molar-refractivity contribution in [3.63, 3.8) is 0 Å². The standard InChI is InChI=1S/C9H17F2NO2/c1-12-8-9(10,11)4-2-3-6-14-7-5-13/h13H,1-8H2. The van der Waals surface area contributed by atoms with E-state index >= 15 is 0 Å². The van der Waals surface area contributed by atoms with Gasteiger partial charge in [0.15, 0.2) is 0 Å². The first kappa shape index (κ1) is 13.4. The molecule has 0 aliphatic heterocycles. The minimum absolute atomic E-state index is 0.0312. The Bertz CT molecular complexity index is 154. The highest BCUT2D eigenvalue weighted by Crippen LogP contribution is 2.21. The maximum Gasteiger partial charge on any atom is 0.267 e. The van der Waals surface area contributed by atoms with Crippen molar-refractivity contribution in [1.82, 2.24) is 0 Å². The minimum Gasteiger partial charge on any atom is -0.394 e. The van der Waals surface area contributed by atoms with E-state index < -0.39 is 12.5 Å². The first-order valence-electron chi connectivity index (χ1n) is 4.61. The molecule has 3 nitrogen and oxygen atoms in total. The van der Waals surface area contributed by atoms with Crippen LogP contribution in [0.15, 0.2) is 4.99 Å². The average molecular weight is 209 g/mol. The van der Waals surface area contributed by atoms with Gasteiger partial charge in [0.05, 0.1) is 13.2 Å². The van der Waals surface area contributed by atoms with Crippen molar-refractivity contribution in [1.29, 1.82) is 0 Å². The molecule has 0 rings (SSSR count). The lowest BCUT2D eigenvalue weighted by molar-refractivity contribution is -0.00207. The highest BCUT2D eigenvalue weighted by molar-refractivity contribution is 5.23. The molecular formula is C9H17F2NO2. The number of aliphatic imine (C=N–C) groups is 1. The van der Waals surface area contributed by atoms with Crippen LogP contribution in [0.2, 0.25) is 0 Å². The molecule has 0 atom stereocenters. The fourth-order valence-corrected chi connectivity index (χ4v) is 0.997. The van der Waals surface area contributed by atoms with Gasteiger partial charge >= 0.3 is 0 Å². The number of unbranched alkanes of at least 4 members (excludes halogenated alkanes) is 1. The highest BCUT2D eigenvalue weighted by atomic mass is 19.3. The third-order valence-electron chi connectivity index (χ3n) is 1.66. The van der Waals surface area contributed by atoms with Gasteiger partial charge in [-0.05, 0) is 19.6 Å². The van der Waals surface area contributed by atoms with Crippen LogP contribution in [0.3, 0.4) is 0 Å². The van der Waals surface area contributed by atoms with Crippen LogP contribution >= 0.6 is 0 Å². The Morgan fingerprint density at radius 3 is 2.57 bits per heavy atom. The van der Waals surface area contributed by atoms with Crippen molar-refractivity contribution in [2.24, 2.45) is 4.99 Å². The fraction of sp³-hybridized carbons (Fsp3) is 0.889. The molecule has 0 aromatic rings. The van der Waals surface area contributed by atoms with Crippen LogP contribution in [-0.4, -0.2) is 44.1 Å². The molecule has 0 fully saturated rings. The van der Waals surface area contributed by atoms with Crippen LogP contribution < -0.4 is 0 Å². The Hall–Kier alpha value is -0.550. The molecule has 0 unspecified atom stereocenters. The molecule has 0 aliphatic rings. The van der Waals surface area contributed by atoms with Gasteiger partial charge in [0, 0.05) is 13.0 Å². The second-order valence-corrected chi connectivity index (χ2v) is 3.03. The van der Waals surface area contributed by atoms with Crippen molar-refractivity contribution in [2.45, 2.75) is 25.2 Å². The molecule has 0 heterocycles. The molecule has 0 aromatic carbocycles. The Morgan fingerprint density at radius 1 is 1.29 bits per heavy atom. The number of hydrogen-bond acceptors (Lipinski definition) is 3. The zero-order chi connectivity index (χ0) is 10.9. The molecule has 0 saturated carbocycles. The number of aliphatic hydroxyl groups is 1. The number of rotatable bonds is 9. The summed E-state index contributed by atoms with van der Waals surface area (Å²) in [4.78, 5) is 3.17.